The summed E-state index contributed by atoms with van der Waals surface area (Å²) in [4.78, 5) is 11.5. The van der Waals surface area contributed by atoms with Gasteiger partial charge >= 0.3 is 0 Å². The van der Waals surface area contributed by atoms with Crippen LogP contribution in [0.15, 0.2) is 12.2 Å². The molecule has 3 rings (SSSR count). The quantitative estimate of drug-likeness (QED) is 0.648. The van der Waals surface area contributed by atoms with Gasteiger partial charge in [0.2, 0.25) is 0 Å². The number of carbonyl (C=O) groups excluding carboxylic acids is 1. The summed E-state index contributed by atoms with van der Waals surface area (Å²) >= 11 is 0. The molecule has 1 heterocycles. The maximum atomic E-state index is 11.5. The summed E-state index contributed by atoms with van der Waals surface area (Å²) < 4.78 is 12.0. The van der Waals surface area contributed by atoms with Gasteiger partial charge in [0.25, 0.3) is 0 Å². The molecular weight excluding hydrogens is 216 g/mol. The third kappa shape index (κ3) is 1.45. The smallest absolute Gasteiger partial charge is 0.163 e. The average molecular weight is 236 g/mol. The first-order chi connectivity index (χ1) is 7.87. The number of hydrogen-bond acceptors (Lipinski definition) is 3. The van der Waals surface area contributed by atoms with Gasteiger partial charge in [0, 0.05) is 11.8 Å². The monoisotopic (exact) mass is 236 g/mol. The first-order valence-electron chi connectivity index (χ1n) is 6.43. The molecule has 1 saturated heterocycles. The molecule has 2 fully saturated rings. The summed E-state index contributed by atoms with van der Waals surface area (Å²) in [6.07, 6.45) is 6.53. The Bertz CT molecular complexity index is 398. The van der Waals surface area contributed by atoms with Gasteiger partial charge in [-0.25, -0.2) is 0 Å². The highest BCUT2D eigenvalue weighted by Gasteiger charge is 2.63. The molecule has 94 valence electrons. The first-order valence-corrected chi connectivity index (χ1v) is 6.43. The van der Waals surface area contributed by atoms with Gasteiger partial charge in [-0.3, -0.25) is 4.79 Å². The van der Waals surface area contributed by atoms with E-state index in [2.05, 4.69) is 13.0 Å². The van der Waals surface area contributed by atoms with Crippen LogP contribution in [0.2, 0.25) is 0 Å². The third-order valence-corrected chi connectivity index (χ3v) is 4.88. The van der Waals surface area contributed by atoms with Crippen LogP contribution in [0.3, 0.4) is 0 Å². The Morgan fingerprint density at radius 3 is 2.76 bits per heavy atom. The van der Waals surface area contributed by atoms with Crippen molar-refractivity contribution in [1.82, 2.24) is 0 Å². The van der Waals surface area contributed by atoms with Crippen molar-refractivity contribution in [3.63, 3.8) is 0 Å². The summed E-state index contributed by atoms with van der Waals surface area (Å²) in [5, 5.41) is 0. The van der Waals surface area contributed by atoms with Crippen molar-refractivity contribution in [3.8, 4) is 0 Å². The number of allylic oxidation sites excluding steroid dienone is 1. The normalized spacial score (nSPS) is 47.7. The van der Waals surface area contributed by atoms with E-state index < -0.39 is 5.79 Å². The van der Waals surface area contributed by atoms with E-state index in [9.17, 15) is 4.79 Å². The van der Waals surface area contributed by atoms with Crippen molar-refractivity contribution in [3.05, 3.63) is 12.2 Å². The highest BCUT2D eigenvalue weighted by atomic mass is 16.8. The zero-order valence-electron chi connectivity index (χ0n) is 10.8. The Labute approximate surface area is 102 Å². The van der Waals surface area contributed by atoms with E-state index in [-0.39, 0.29) is 16.8 Å². The number of ether oxygens (including phenoxy) is 2. The molecule has 0 unspecified atom stereocenters. The van der Waals surface area contributed by atoms with Gasteiger partial charge in [-0.05, 0) is 38.7 Å². The molecule has 3 aliphatic rings. The fourth-order valence-corrected chi connectivity index (χ4v) is 3.74. The SMILES string of the molecule is CC1(C)OC[C@@]2(CC[C@@H]3CC(=O)C=C[C@@]32C)O1. The summed E-state index contributed by atoms with van der Waals surface area (Å²) in [5.74, 6) is 0.174. The lowest BCUT2D eigenvalue weighted by Gasteiger charge is -2.42. The summed E-state index contributed by atoms with van der Waals surface area (Å²) in [6.45, 7) is 6.80. The molecule has 0 aromatic heterocycles. The van der Waals surface area contributed by atoms with Gasteiger partial charge in [0.1, 0.15) is 5.60 Å². The van der Waals surface area contributed by atoms with E-state index >= 15 is 0 Å². The van der Waals surface area contributed by atoms with Crippen molar-refractivity contribution in [2.24, 2.45) is 11.3 Å². The molecule has 1 aliphatic heterocycles. The second-order valence-electron chi connectivity index (χ2n) is 6.31. The largest absolute Gasteiger partial charge is 0.347 e. The number of ketones is 1. The topological polar surface area (TPSA) is 35.5 Å². The second-order valence-corrected chi connectivity index (χ2v) is 6.31. The molecule has 0 amide bonds. The molecule has 0 aromatic carbocycles. The molecular formula is C14H20O3. The lowest BCUT2D eigenvalue weighted by Crippen LogP contribution is -2.48. The standard InChI is InChI=1S/C14H20O3/c1-12(2)16-9-14(17-12)7-4-10-8-11(15)5-6-13(10,14)3/h5-6,10H,4,7-9H2,1-3H3/t10-,13+,14-/m1/s1. The van der Waals surface area contributed by atoms with Gasteiger partial charge in [0.15, 0.2) is 11.6 Å². The van der Waals surface area contributed by atoms with E-state index in [1.165, 1.54) is 0 Å². The van der Waals surface area contributed by atoms with E-state index in [4.69, 9.17) is 9.47 Å². The minimum absolute atomic E-state index is 0.0469. The van der Waals surface area contributed by atoms with Crippen LogP contribution in [0.25, 0.3) is 0 Å². The van der Waals surface area contributed by atoms with E-state index in [1.807, 2.05) is 13.8 Å². The fourth-order valence-electron chi connectivity index (χ4n) is 3.74. The molecule has 3 heteroatoms. The Morgan fingerprint density at radius 2 is 2.12 bits per heavy atom. The van der Waals surface area contributed by atoms with Crippen LogP contribution in [-0.4, -0.2) is 23.8 Å². The Balaban J connectivity index is 1.99. The van der Waals surface area contributed by atoms with Crippen LogP contribution in [0.1, 0.15) is 40.0 Å². The van der Waals surface area contributed by atoms with Crippen LogP contribution >= 0.6 is 0 Å². The van der Waals surface area contributed by atoms with Crippen LogP contribution < -0.4 is 0 Å². The molecule has 17 heavy (non-hydrogen) atoms. The van der Waals surface area contributed by atoms with Crippen LogP contribution in [-0.2, 0) is 14.3 Å². The Morgan fingerprint density at radius 1 is 1.35 bits per heavy atom. The predicted octanol–water partition coefficient (Wildman–Crippen LogP) is 2.45. The zero-order chi connectivity index (χ0) is 12.3. The maximum Gasteiger partial charge on any atom is 0.163 e. The Kier molecular flexibility index (Phi) is 2.15. The lowest BCUT2D eigenvalue weighted by atomic mass is 9.67. The maximum absolute atomic E-state index is 11.5. The fraction of sp³-hybridized carbons (Fsp3) is 0.786. The van der Waals surface area contributed by atoms with Crippen LogP contribution in [0.4, 0.5) is 0 Å². The van der Waals surface area contributed by atoms with Gasteiger partial charge in [-0.15, -0.1) is 0 Å². The highest BCUT2D eigenvalue weighted by molar-refractivity contribution is 5.91. The molecule has 0 radical (unpaired) electrons. The molecule has 3 nitrogen and oxygen atoms in total. The number of fused-ring (bicyclic) bond motifs is 2. The molecule has 1 spiro atoms. The number of rotatable bonds is 0. The van der Waals surface area contributed by atoms with Crippen molar-refractivity contribution in [2.75, 3.05) is 6.61 Å². The predicted molar refractivity (Wildman–Crippen MR) is 63.4 cm³/mol. The minimum Gasteiger partial charge on any atom is -0.347 e. The summed E-state index contributed by atoms with van der Waals surface area (Å²) in [5.41, 5.74) is -0.271. The zero-order valence-corrected chi connectivity index (χ0v) is 10.8. The molecule has 0 N–H and O–H groups in total. The Hall–Kier alpha value is -0.670. The molecule has 0 bridgehead atoms. The molecule has 0 aromatic rings. The van der Waals surface area contributed by atoms with Gasteiger partial charge < -0.3 is 9.47 Å². The van der Waals surface area contributed by atoms with E-state index in [0.29, 0.717) is 18.9 Å². The van der Waals surface area contributed by atoms with Gasteiger partial charge in [-0.2, -0.15) is 0 Å². The van der Waals surface area contributed by atoms with Gasteiger partial charge in [0.05, 0.1) is 6.61 Å². The first kappa shape index (κ1) is 11.4. The molecule has 2 aliphatic carbocycles. The van der Waals surface area contributed by atoms with Crippen LogP contribution in [0, 0.1) is 11.3 Å². The third-order valence-electron chi connectivity index (χ3n) is 4.88. The van der Waals surface area contributed by atoms with Crippen molar-refractivity contribution in [1.29, 1.82) is 0 Å². The molecule has 3 atom stereocenters. The molecule has 1 saturated carbocycles. The second kappa shape index (κ2) is 3.21. The van der Waals surface area contributed by atoms with Crippen LogP contribution in [0.5, 0.6) is 0 Å². The van der Waals surface area contributed by atoms with E-state index in [0.717, 1.165) is 12.8 Å². The summed E-state index contributed by atoms with van der Waals surface area (Å²) in [7, 11) is 0. The average Bonchev–Trinajstić information content (AvgIpc) is 2.70. The van der Waals surface area contributed by atoms with E-state index in [1.54, 1.807) is 6.08 Å². The lowest BCUT2D eigenvalue weighted by molar-refractivity contribution is -0.179. The highest BCUT2D eigenvalue weighted by Crippen LogP contribution is 2.59. The summed E-state index contributed by atoms with van der Waals surface area (Å²) in [6, 6.07) is 0. The van der Waals surface area contributed by atoms with Crippen molar-refractivity contribution in [2.45, 2.75) is 51.4 Å². The number of carbonyl (C=O) groups is 1. The van der Waals surface area contributed by atoms with Gasteiger partial charge in [-0.1, -0.05) is 13.0 Å². The van der Waals surface area contributed by atoms with Crippen molar-refractivity contribution >= 4 is 5.78 Å². The number of hydrogen-bond donors (Lipinski definition) is 0. The minimum atomic E-state index is -0.493. The van der Waals surface area contributed by atoms with Crippen molar-refractivity contribution < 1.29 is 14.3 Å².